The fourth-order valence-corrected chi connectivity index (χ4v) is 5.65. The summed E-state index contributed by atoms with van der Waals surface area (Å²) in [5.74, 6) is 1.91. The maximum atomic E-state index is 10.0. The van der Waals surface area contributed by atoms with E-state index >= 15 is 0 Å². The third-order valence-electron chi connectivity index (χ3n) is 6.18. The van der Waals surface area contributed by atoms with E-state index in [-0.39, 0.29) is 17.6 Å². The molecule has 1 atom stereocenters. The van der Waals surface area contributed by atoms with Crippen molar-refractivity contribution in [1.29, 1.82) is 0 Å². The lowest BCUT2D eigenvalue weighted by molar-refractivity contribution is 0.222. The van der Waals surface area contributed by atoms with Crippen LogP contribution in [-0.2, 0) is 0 Å². The van der Waals surface area contributed by atoms with Crippen LogP contribution in [0.4, 0.5) is 0 Å². The van der Waals surface area contributed by atoms with Gasteiger partial charge in [0, 0.05) is 38.7 Å². The SMILES string of the molecule is CCN(CC)CCOc1ccc(C2Oc3cc(O)ccc3-c3sc4cc(O)ccc4c32)cc1. The Labute approximate surface area is 197 Å². The highest BCUT2D eigenvalue weighted by molar-refractivity contribution is 7.22. The van der Waals surface area contributed by atoms with Gasteiger partial charge >= 0.3 is 0 Å². The molecular weight excluding hydrogens is 434 g/mol. The molecular formula is C27H27NO4S. The molecule has 0 aliphatic carbocycles. The summed E-state index contributed by atoms with van der Waals surface area (Å²) in [5, 5.41) is 21.1. The summed E-state index contributed by atoms with van der Waals surface area (Å²) >= 11 is 1.63. The van der Waals surface area contributed by atoms with Gasteiger partial charge in [-0.05, 0) is 61.1 Å². The number of rotatable bonds is 7. The van der Waals surface area contributed by atoms with E-state index < -0.39 is 0 Å². The topological polar surface area (TPSA) is 62.2 Å². The molecule has 0 fully saturated rings. The molecule has 0 radical (unpaired) electrons. The second-order valence-corrected chi connectivity index (χ2v) is 9.20. The summed E-state index contributed by atoms with van der Waals surface area (Å²) in [6, 6.07) is 18.7. The van der Waals surface area contributed by atoms with Crippen molar-refractivity contribution in [3.63, 3.8) is 0 Å². The maximum Gasteiger partial charge on any atom is 0.151 e. The number of benzene rings is 3. The van der Waals surface area contributed by atoms with E-state index in [2.05, 4.69) is 18.7 Å². The first-order valence-electron chi connectivity index (χ1n) is 11.3. The zero-order valence-electron chi connectivity index (χ0n) is 18.7. The van der Waals surface area contributed by atoms with Crippen molar-refractivity contribution in [2.24, 2.45) is 0 Å². The van der Waals surface area contributed by atoms with E-state index in [1.807, 2.05) is 36.4 Å². The smallest absolute Gasteiger partial charge is 0.151 e. The monoisotopic (exact) mass is 461 g/mol. The number of hydrogen-bond donors (Lipinski definition) is 2. The Morgan fingerprint density at radius 2 is 1.67 bits per heavy atom. The Bertz CT molecular complexity index is 1280. The molecule has 1 unspecified atom stereocenters. The number of hydrogen-bond acceptors (Lipinski definition) is 6. The van der Waals surface area contributed by atoms with Gasteiger partial charge in [0.05, 0.1) is 0 Å². The lowest BCUT2D eigenvalue weighted by Crippen LogP contribution is -2.27. The number of ether oxygens (including phenoxy) is 2. The number of phenols is 2. The minimum absolute atomic E-state index is 0.173. The zero-order valence-corrected chi connectivity index (χ0v) is 19.6. The zero-order chi connectivity index (χ0) is 22.9. The first-order chi connectivity index (χ1) is 16.1. The normalized spacial score (nSPS) is 14.7. The van der Waals surface area contributed by atoms with Gasteiger partial charge in [-0.1, -0.05) is 26.0 Å². The molecule has 33 heavy (non-hydrogen) atoms. The first kappa shape index (κ1) is 21.6. The number of likely N-dealkylation sites (N-methyl/N-ethyl adjacent to an activating group) is 1. The van der Waals surface area contributed by atoms with Crippen LogP contribution in [0.5, 0.6) is 23.0 Å². The van der Waals surface area contributed by atoms with Crippen LogP contribution in [-0.4, -0.2) is 41.4 Å². The van der Waals surface area contributed by atoms with E-state index in [1.54, 1.807) is 35.6 Å². The summed E-state index contributed by atoms with van der Waals surface area (Å²) in [4.78, 5) is 3.43. The molecule has 0 saturated heterocycles. The highest BCUT2D eigenvalue weighted by Crippen LogP contribution is 2.52. The molecule has 0 saturated carbocycles. The molecule has 1 aromatic heterocycles. The Morgan fingerprint density at radius 1 is 0.939 bits per heavy atom. The lowest BCUT2D eigenvalue weighted by atomic mass is 9.93. The van der Waals surface area contributed by atoms with Gasteiger partial charge in [0.1, 0.15) is 29.6 Å². The molecule has 6 heteroatoms. The van der Waals surface area contributed by atoms with Crippen LogP contribution in [0.2, 0.25) is 0 Å². The van der Waals surface area contributed by atoms with Crippen LogP contribution >= 0.6 is 11.3 Å². The van der Waals surface area contributed by atoms with Gasteiger partial charge in [-0.25, -0.2) is 0 Å². The van der Waals surface area contributed by atoms with Crippen LogP contribution in [0.15, 0.2) is 60.7 Å². The molecule has 3 aromatic carbocycles. The minimum Gasteiger partial charge on any atom is -0.508 e. The van der Waals surface area contributed by atoms with Crippen molar-refractivity contribution < 1.29 is 19.7 Å². The fraction of sp³-hybridized carbons (Fsp3) is 0.259. The van der Waals surface area contributed by atoms with Crippen molar-refractivity contribution in [2.45, 2.75) is 20.0 Å². The van der Waals surface area contributed by atoms with E-state index in [4.69, 9.17) is 9.47 Å². The van der Waals surface area contributed by atoms with Gasteiger partial charge < -0.3 is 24.6 Å². The van der Waals surface area contributed by atoms with Gasteiger partial charge in [0.15, 0.2) is 6.10 Å². The summed E-state index contributed by atoms with van der Waals surface area (Å²) in [7, 11) is 0. The summed E-state index contributed by atoms with van der Waals surface area (Å²) < 4.78 is 13.4. The van der Waals surface area contributed by atoms with Crippen molar-refractivity contribution in [2.75, 3.05) is 26.2 Å². The fourth-order valence-electron chi connectivity index (χ4n) is 4.35. The molecule has 1 aliphatic heterocycles. The van der Waals surface area contributed by atoms with Crippen LogP contribution < -0.4 is 9.47 Å². The molecule has 170 valence electrons. The predicted molar refractivity (Wildman–Crippen MR) is 133 cm³/mol. The van der Waals surface area contributed by atoms with Gasteiger partial charge in [-0.15, -0.1) is 11.3 Å². The number of phenolic OH excluding ortho intramolecular Hbond substituents is 2. The Hall–Kier alpha value is -3.22. The molecule has 4 aromatic rings. The van der Waals surface area contributed by atoms with Crippen molar-refractivity contribution in [3.05, 3.63) is 71.8 Å². The highest BCUT2D eigenvalue weighted by Gasteiger charge is 2.31. The molecule has 5 nitrogen and oxygen atoms in total. The maximum absolute atomic E-state index is 10.0. The van der Waals surface area contributed by atoms with Crippen molar-refractivity contribution in [3.8, 4) is 33.4 Å². The van der Waals surface area contributed by atoms with E-state index in [9.17, 15) is 10.2 Å². The average molecular weight is 462 g/mol. The Morgan fingerprint density at radius 3 is 2.42 bits per heavy atom. The van der Waals surface area contributed by atoms with Crippen LogP contribution in [0.3, 0.4) is 0 Å². The second kappa shape index (κ2) is 8.96. The van der Waals surface area contributed by atoms with Gasteiger partial charge in [0.2, 0.25) is 0 Å². The molecule has 0 bridgehead atoms. The summed E-state index contributed by atoms with van der Waals surface area (Å²) in [6.07, 6.45) is -0.322. The molecule has 2 N–H and O–H groups in total. The van der Waals surface area contributed by atoms with Crippen molar-refractivity contribution >= 4 is 21.4 Å². The van der Waals surface area contributed by atoms with E-state index in [0.717, 1.165) is 57.0 Å². The quantitative estimate of drug-likeness (QED) is 0.344. The second-order valence-electron chi connectivity index (χ2n) is 8.15. The number of fused-ring (bicyclic) bond motifs is 5. The predicted octanol–water partition coefficient (Wildman–Crippen LogP) is 6.18. The molecule has 2 heterocycles. The molecule has 0 amide bonds. The number of thiophene rings is 1. The van der Waals surface area contributed by atoms with Gasteiger partial charge in [0.25, 0.3) is 0 Å². The van der Waals surface area contributed by atoms with E-state index in [0.29, 0.717) is 12.4 Å². The molecule has 5 rings (SSSR count). The third-order valence-corrected chi connectivity index (χ3v) is 7.38. The Balaban J connectivity index is 1.48. The van der Waals surface area contributed by atoms with Gasteiger partial charge in [-0.3, -0.25) is 0 Å². The summed E-state index contributed by atoms with van der Waals surface area (Å²) in [6.45, 7) is 7.90. The first-order valence-corrected chi connectivity index (χ1v) is 12.1. The van der Waals surface area contributed by atoms with Gasteiger partial charge in [-0.2, -0.15) is 0 Å². The molecule has 0 spiro atoms. The summed E-state index contributed by atoms with van der Waals surface area (Å²) in [5.41, 5.74) is 3.05. The highest BCUT2D eigenvalue weighted by atomic mass is 32.1. The van der Waals surface area contributed by atoms with Crippen LogP contribution in [0, 0.1) is 0 Å². The number of aromatic hydroxyl groups is 2. The number of nitrogens with zero attached hydrogens (tertiary/aromatic N) is 1. The van der Waals surface area contributed by atoms with Crippen LogP contribution in [0.1, 0.15) is 31.1 Å². The van der Waals surface area contributed by atoms with E-state index in [1.165, 1.54) is 0 Å². The van der Waals surface area contributed by atoms with Crippen LogP contribution in [0.25, 0.3) is 20.5 Å². The third kappa shape index (κ3) is 4.12. The van der Waals surface area contributed by atoms with Crippen molar-refractivity contribution in [1.82, 2.24) is 4.90 Å². The minimum atomic E-state index is -0.322. The standard InChI is InChI=1S/C27H27NO4S/c1-3-28(4-2)13-14-31-20-9-5-17(6-10-20)26-25-22-12-8-19(30)16-24(22)33-27(25)21-11-7-18(29)15-23(21)32-26/h5-12,15-16,26,29-30H,3-4,13-14H2,1-2H3. The average Bonchev–Trinajstić information content (AvgIpc) is 3.20. The lowest BCUT2D eigenvalue weighted by Gasteiger charge is -2.27. The molecule has 1 aliphatic rings. The Kier molecular flexibility index (Phi) is 5.87. The largest absolute Gasteiger partial charge is 0.508 e.